The average Bonchev–Trinajstić information content (AvgIpc) is 1.83. The van der Waals surface area contributed by atoms with Gasteiger partial charge in [0, 0.05) is 26.3 Å². The van der Waals surface area contributed by atoms with E-state index in [2.05, 4.69) is 30.7 Å². The second-order valence-corrected chi connectivity index (χ2v) is 2.57. The highest BCUT2D eigenvalue weighted by Gasteiger charge is 2.12. The van der Waals surface area contributed by atoms with Crippen molar-refractivity contribution in [2.75, 3.05) is 20.6 Å². The average molecular weight is 126 g/mol. The van der Waals surface area contributed by atoms with Crippen molar-refractivity contribution in [3.63, 3.8) is 0 Å². The SMILES string of the molecule is C=C1CCCN(C)N1C. The van der Waals surface area contributed by atoms with Crippen LogP contribution in [0.5, 0.6) is 0 Å². The van der Waals surface area contributed by atoms with E-state index in [-0.39, 0.29) is 0 Å². The zero-order valence-electron chi connectivity index (χ0n) is 6.22. The highest BCUT2D eigenvalue weighted by Crippen LogP contribution is 2.15. The molecule has 0 spiro atoms. The molecule has 0 atom stereocenters. The summed E-state index contributed by atoms with van der Waals surface area (Å²) in [5, 5.41) is 4.30. The van der Waals surface area contributed by atoms with Crippen LogP contribution < -0.4 is 0 Å². The van der Waals surface area contributed by atoms with Crippen molar-refractivity contribution >= 4 is 0 Å². The Morgan fingerprint density at radius 1 is 1.44 bits per heavy atom. The van der Waals surface area contributed by atoms with Crippen LogP contribution in [0, 0.1) is 0 Å². The first-order valence-electron chi connectivity index (χ1n) is 3.34. The van der Waals surface area contributed by atoms with Crippen LogP contribution in [-0.4, -0.2) is 30.7 Å². The summed E-state index contributed by atoms with van der Waals surface area (Å²) in [5.74, 6) is 0. The molecule has 0 aromatic carbocycles. The summed E-state index contributed by atoms with van der Waals surface area (Å²) in [5.41, 5.74) is 1.23. The van der Waals surface area contributed by atoms with Gasteiger partial charge in [-0.3, -0.25) is 0 Å². The maximum atomic E-state index is 3.93. The maximum Gasteiger partial charge on any atom is 0.0230 e. The fourth-order valence-electron chi connectivity index (χ4n) is 1.07. The number of allylic oxidation sites excluding steroid dienone is 1. The van der Waals surface area contributed by atoms with E-state index in [4.69, 9.17) is 0 Å². The van der Waals surface area contributed by atoms with Gasteiger partial charge in [-0.15, -0.1) is 0 Å². The third-order valence-electron chi connectivity index (χ3n) is 1.92. The first-order valence-corrected chi connectivity index (χ1v) is 3.34. The van der Waals surface area contributed by atoms with E-state index in [0.29, 0.717) is 0 Å². The van der Waals surface area contributed by atoms with Gasteiger partial charge in [0.05, 0.1) is 0 Å². The standard InChI is InChI=1S/C7H14N2/c1-7-5-4-6-8(2)9(7)3/h1,4-6H2,2-3H3. The molecule has 0 unspecified atom stereocenters. The van der Waals surface area contributed by atoms with Crippen molar-refractivity contribution in [1.82, 2.24) is 10.0 Å². The molecule has 0 bridgehead atoms. The molecule has 1 heterocycles. The van der Waals surface area contributed by atoms with E-state index in [9.17, 15) is 0 Å². The van der Waals surface area contributed by atoms with Crippen LogP contribution in [0.1, 0.15) is 12.8 Å². The van der Waals surface area contributed by atoms with Crippen molar-refractivity contribution in [3.8, 4) is 0 Å². The van der Waals surface area contributed by atoms with E-state index < -0.39 is 0 Å². The first-order chi connectivity index (χ1) is 4.22. The zero-order chi connectivity index (χ0) is 6.85. The van der Waals surface area contributed by atoms with E-state index in [1.54, 1.807) is 0 Å². The molecular weight excluding hydrogens is 112 g/mol. The van der Waals surface area contributed by atoms with Gasteiger partial charge < -0.3 is 5.01 Å². The molecule has 0 amide bonds. The lowest BCUT2D eigenvalue weighted by atomic mass is 10.2. The molecule has 0 saturated carbocycles. The highest BCUT2D eigenvalue weighted by atomic mass is 15.6. The van der Waals surface area contributed by atoms with E-state index in [0.717, 1.165) is 13.0 Å². The third-order valence-corrected chi connectivity index (χ3v) is 1.92. The molecule has 0 aromatic heterocycles. The Bertz CT molecular complexity index is 120. The first kappa shape index (κ1) is 6.62. The number of hydrogen-bond acceptors (Lipinski definition) is 2. The van der Waals surface area contributed by atoms with Gasteiger partial charge in [0.2, 0.25) is 0 Å². The molecule has 9 heavy (non-hydrogen) atoms. The number of nitrogens with zero attached hydrogens (tertiary/aromatic N) is 2. The molecule has 0 aromatic rings. The summed E-state index contributed by atoms with van der Waals surface area (Å²) in [4.78, 5) is 0. The van der Waals surface area contributed by atoms with Crippen molar-refractivity contribution in [2.45, 2.75) is 12.8 Å². The van der Waals surface area contributed by atoms with Gasteiger partial charge in [0.15, 0.2) is 0 Å². The van der Waals surface area contributed by atoms with Gasteiger partial charge in [-0.2, -0.15) is 0 Å². The molecule has 2 heteroatoms. The summed E-state index contributed by atoms with van der Waals surface area (Å²) in [6, 6.07) is 0. The van der Waals surface area contributed by atoms with E-state index >= 15 is 0 Å². The summed E-state index contributed by atoms with van der Waals surface area (Å²) in [6.45, 7) is 5.09. The Morgan fingerprint density at radius 2 is 2.11 bits per heavy atom. The second-order valence-electron chi connectivity index (χ2n) is 2.57. The van der Waals surface area contributed by atoms with Crippen molar-refractivity contribution in [3.05, 3.63) is 12.3 Å². The minimum absolute atomic E-state index is 1.15. The van der Waals surface area contributed by atoms with E-state index in [1.165, 1.54) is 12.1 Å². The van der Waals surface area contributed by atoms with Crippen LogP contribution >= 0.6 is 0 Å². The quantitative estimate of drug-likeness (QED) is 0.479. The molecule has 1 aliphatic rings. The number of hydrogen-bond donors (Lipinski definition) is 0. The van der Waals surface area contributed by atoms with Crippen molar-refractivity contribution in [1.29, 1.82) is 0 Å². The van der Waals surface area contributed by atoms with Gasteiger partial charge in [-0.05, 0) is 12.8 Å². The van der Waals surface area contributed by atoms with Gasteiger partial charge >= 0.3 is 0 Å². The fraction of sp³-hybridized carbons (Fsp3) is 0.714. The van der Waals surface area contributed by atoms with Crippen LogP contribution in [0.2, 0.25) is 0 Å². The Morgan fingerprint density at radius 3 is 2.56 bits per heavy atom. The van der Waals surface area contributed by atoms with E-state index in [1.807, 2.05) is 0 Å². The van der Waals surface area contributed by atoms with Gasteiger partial charge in [0.25, 0.3) is 0 Å². The monoisotopic (exact) mass is 126 g/mol. The Hall–Kier alpha value is -0.500. The normalized spacial score (nSPS) is 22.9. The number of hydrazine groups is 1. The van der Waals surface area contributed by atoms with Crippen LogP contribution in [0.15, 0.2) is 12.3 Å². The topological polar surface area (TPSA) is 6.48 Å². The predicted molar refractivity (Wildman–Crippen MR) is 38.8 cm³/mol. The minimum Gasteiger partial charge on any atom is -0.314 e. The molecule has 1 saturated heterocycles. The molecule has 0 aliphatic carbocycles. The van der Waals surface area contributed by atoms with Crippen molar-refractivity contribution < 1.29 is 0 Å². The van der Waals surface area contributed by atoms with Crippen LogP contribution in [0.4, 0.5) is 0 Å². The molecule has 52 valence electrons. The second kappa shape index (κ2) is 2.40. The molecule has 1 fully saturated rings. The van der Waals surface area contributed by atoms with Crippen LogP contribution in [-0.2, 0) is 0 Å². The van der Waals surface area contributed by atoms with Crippen LogP contribution in [0.25, 0.3) is 0 Å². The highest BCUT2D eigenvalue weighted by molar-refractivity contribution is 4.93. The predicted octanol–water partition coefficient (Wildman–Crippen LogP) is 1.07. The Labute approximate surface area is 56.7 Å². The van der Waals surface area contributed by atoms with Gasteiger partial charge in [0.1, 0.15) is 0 Å². The number of rotatable bonds is 0. The summed E-state index contributed by atoms with van der Waals surface area (Å²) in [7, 11) is 4.14. The fourth-order valence-corrected chi connectivity index (χ4v) is 1.07. The molecule has 1 aliphatic heterocycles. The molecular formula is C7H14N2. The largest absolute Gasteiger partial charge is 0.314 e. The minimum atomic E-state index is 1.15. The molecule has 2 nitrogen and oxygen atoms in total. The van der Waals surface area contributed by atoms with Crippen molar-refractivity contribution in [2.24, 2.45) is 0 Å². The molecule has 1 rings (SSSR count). The third kappa shape index (κ3) is 1.24. The lowest BCUT2D eigenvalue weighted by Gasteiger charge is -2.35. The Balaban J connectivity index is 2.51. The molecule has 0 N–H and O–H groups in total. The van der Waals surface area contributed by atoms with Gasteiger partial charge in [-0.25, -0.2) is 5.01 Å². The lowest BCUT2D eigenvalue weighted by Crippen LogP contribution is -2.39. The van der Waals surface area contributed by atoms with Crippen LogP contribution in [0.3, 0.4) is 0 Å². The molecule has 0 radical (unpaired) electrons. The summed E-state index contributed by atoms with van der Waals surface area (Å²) >= 11 is 0. The lowest BCUT2D eigenvalue weighted by molar-refractivity contribution is 0.0376. The van der Waals surface area contributed by atoms with Gasteiger partial charge in [-0.1, -0.05) is 6.58 Å². The maximum absolute atomic E-state index is 3.93. The summed E-state index contributed by atoms with van der Waals surface area (Å²) in [6.07, 6.45) is 2.40. The smallest absolute Gasteiger partial charge is 0.0230 e. The zero-order valence-corrected chi connectivity index (χ0v) is 6.22. The summed E-state index contributed by atoms with van der Waals surface area (Å²) < 4.78 is 0. The Kier molecular flexibility index (Phi) is 1.76.